The minimum atomic E-state index is 0.209. The minimum Gasteiger partial charge on any atom is -0.352 e. The van der Waals surface area contributed by atoms with Crippen LogP contribution in [0.1, 0.15) is 30.9 Å². The van der Waals surface area contributed by atoms with Crippen LogP contribution >= 0.6 is 0 Å². The molecule has 1 aliphatic carbocycles. The SMILES string of the molecule is O=CNC(CC1CC1)c1ccccc1. The second kappa shape index (κ2) is 4.27. The lowest BCUT2D eigenvalue weighted by Crippen LogP contribution is -2.19. The summed E-state index contributed by atoms with van der Waals surface area (Å²) >= 11 is 0. The fraction of sp³-hybridized carbons (Fsp3) is 0.417. The first kappa shape index (κ1) is 9.25. The molecule has 1 saturated carbocycles. The van der Waals surface area contributed by atoms with Crippen molar-refractivity contribution in [3.05, 3.63) is 35.9 Å². The third-order valence-corrected chi connectivity index (χ3v) is 2.74. The Balaban J connectivity index is 2.04. The third-order valence-electron chi connectivity index (χ3n) is 2.74. The van der Waals surface area contributed by atoms with E-state index in [1.54, 1.807) is 0 Å². The van der Waals surface area contributed by atoms with E-state index < -0.39 is 0 Å². The van der Waals surface area contributed by atoms with Gasteiger partial charge in [0.2, 0.25) is 6.41 Å². The van der Waals surface area contributed by atoms with Gasteiger partial charge in [-0.3, -0.25) is 4.79 Å². The van der Waals surface area contributed by atoms with Crippen LogP contribution in [0.25, 0.3) is 0 Å². The molecule has 0 saturated heterocycles. The highest BCUT2D eigenvalue weighted by Gasteiger charge is 2.25. The monoisotopic (exact) mass is 189 g/mol. The van der Waals surface area contributed by atoms with Crippen molar-refractivity contribution in [3.63, 3.8) is 0 Å². The largest absolute Gasteiger partial charge is 0.352 e. The minimum absolute atomic E-state index is 0.209. The van der Waals surface area contributed by atoms with Crippen LogP contribution in [0.3, 0.4) is 0 Å². The van der Waals surface area contributed by atoms with Gasteiger partial charge >= 0.3 is 0 Å². The Hall–Kier alpha value is -1.31. The van der Waals surface area contributed by atoms with E-state index in [4.69, 9.17) is 0 Å². The highest BCUT2D eigenvalue weighted by Crippen LogP contribution is 2.37. The van der Waals surface area contributed by atoms with Gasteiger partial charge in [0, 0.05) is 0 Å². The number of carbonyl (C=O) groups excluding carboxylic acids is 1. The van der Waals surface area contributed by atoms with E-state index in [0.29, 0.717) is 0 Å². The predicted octanol–water partition coefficient (Wildman–Crippen LogP) is 2.27. The molecule has 0 bridgehead atoms. The summed E-state index contributed by atoms with van der Waals surface area (Å²) in [5.41, 5.74) is 1.21. The summed E-state index contributed by atoms with van der Waals surface area (Å²) in [6, 6.07) is 10.4. The van der Waals surface area contributed by atoms with Gasteiger partial charge in [0.1, 0.15) is 0 Å². The number of nitrogens with one attached hydrogen (secondary N) is 1. The summed E-state index contributed by atoms with van der Waals surface area (Å²) in [4.78, 5) is 10.5. The van der Waals surface area contributed by atoms with Crippen molar-refractivity contribution in [1.82, 2.24) is 5.32 Å². The Kier molecular flexibility index (Phi) is 2.82. The molecular formula is C12H15NO. The van der Waals surface area contributed by atoms with E-state index in [9.17, 15) is 4.79 Å². The zero-order valence-electron chi connectivity index (χ0n) is 8.15. The van der Waals surface area contributed by atoms with Gasteiger partial charge in [-0.1, -0.05) is 43.2 Å². The normalized spacial score (nSPS) is 17.4. The van der Waals surface area contributed by atoms with Crippen LogP contribution in [0.5, 0.6) is 0 Å². The fourth-order valence-corrected chi connectivity index (χ4v) is 1.75. The van der Waals surface area contributed by atoms with E-state index in [2.05, 4.69) is 17.4 Å². The van der Waals surface area contributed by atoms with Crippen molar-refractivity contribution in [2.75, 3.05) is 0 Å². The smallest absolute Gasteiger partial charge is 0.207 e. The molecule has 1 aromatic carbocycles. The molecule has 1 aliphatic rings. The molecule has 74 valence electrons. The van der Waals surface area contributed by atoms with Crippen molar-refractivity contribution < 1.29 is 4.79 Å². The molecule has 0 radical (unpaired) electrons. The van der Waals surface area contributed by atoms with Gasteiger partial charge in [-0.05, 0) is 17.9 Å². The Bertz CT molecular complexity index is 292. The van der Waals surface area contributed by atoms with Crippen molar-refractivity contribution in [2.45, 2.75) is 25.3 Å². The summed E-state index contributed by atoms with van der Waals surface area (Å²) in [7, 11) is 0. The van der Waals surface area contributed by atoms with E-state index >= 15 is 0 Å². The summed E-state index contributed by atoms with van der Waals surface area (Å²) in [6.07, 6.45) is 4.54. The van der Waals surface area contributed by atoms with Gasteiger partial charge in [-0.15, -0.1) is 0 Å². The molecule has 0 spiro atoms. The topological polar surface area (TPSA) is 29.1 Å². The van der Waals surface area contributed by atoms with E-state index in [1.807, 2.05) is 18.2 Å². The first-order chi connectivity index (χ1) is 6.90. The van der Waals surface area contributed by atoms with Crippen LogP contribution in [-0.2, 0) is 4.79 Å². The Morgan fingerprint density at radius 1 is 1.36 bits per heavy atom. The molecule has 1 atom stereocenters. The van der Waals surface area contributed by atoms with Gasteiger partial charge in [0.15, 0.2) is 0 Å². The number of carbonyl (C=O) groups is 1. The van der Waals surface area contributed by atoms with Crippen LogP contribution in [-0.4, -0.2) is 6.41 Å². The molecule has 2 heteroatoms. The molecule has 1 aromatic rings. The lowest BCUT2D eigenvalue weighted by atomic mass is 10.0. The van der Waals surface area contributed by atoms with Gasteiger partial charge in [0.25, 0.3) is 0 Å². The van der Waals surface area contributed by atoms with Crippen LogP contribution in [0.15, 0.2) is 30.3 Å². The van der Waals surface area contributed by atoms with Gasteiger partial charge in [-0.25, -0.2) is 0 Å². The Morgan fingerprint density at radius 3 is 2.64 bits per heavy atom. The van der Waals surface area contributed by atoms with Gasteiger partial charge in [-0.2, -0.15) is 0 Å². The number of hydrogen-bond donors (Lipinski definition) is 1. The van der Waals surface area contributed by atoms with Crippen LogP contribution < -0.4 is 5.32 Å². The second-order valence-corrected chi connectivity index (χ2v) is 3.93. The second-order valence-electron chi connectivity index (χ2n) is 3.93. The van der Waals surface area contributed by atoms with Crippen molar-refractivity contribution in [1.29, 1.82) is 0 Å². The number of hydrogen-bond acceptors (Lipinski definition) is 1. The van der Waals surface area contributed by atoms with Crippen molar-refractivity contribution in [2.24, 2.45) is 5.92 Å². The lowest BCUT2D eigenvalue weighted by Gasteiger charge is -2.15. The van der Waals surface area contributed by atoms with Crippen molar-refractivity contribution >= 4 is 6.41 Å². The molecule has 0 aromatic heterocycles. The van der Waals surface area contributed by atoms with Gasteiger partial charge < -0.3 is 5.32 Å². The molecule has 1 fully saturated rings. The van der Waals surface area contributed by atoms with Crippen LogP contribution in [0.4, 0.5) is 0 Å². The summed E-state index contributed by atoms with van der Waals surface area (Å²) < 4.78 is 0. The van der Waals surface area contributed by atoms with E-state index in [-0.39, 0.29) is 6.04 Å². The molecule has 1 amide bonds. The zero-order chi connectivity index (χ0) is 9.80. The lowest BCUT2D eigenvalue weighted by molar-refractivity contribution is -0.110. The molecular weight excluding hydrogens is 174 g/mol. The van der Waals surface area contributed by atoms with Crippen molar-refractivity contribution in [3.8, 4) is 0 Å². The Morgan fingerprint density at radius 2 is 2.07 bits per heavy atom. The number of rotatable bonds is 5. The average molecular weight is 189 g/mol. The summed E-state index contributed by atoms with van der Waals surface area (Å²) in [5, 5.41) is 2.89. The van der Waals surface area contributed by atoms with Crippen LogP contribution in [0.2, 0.25) is 0 Å². The number of amides is 1. The molecule has 2 nitrogen and oxygen atoms in total. The first-order valence-electron chi connectivity index (χ1n) is 5.15. The van der Waals surface area contributed by atoms with E-state index in [0.717, 1.165) is 18.7 Å². The average Bonchev–Trinajstić information content (AvgIpc) is 3.03. The highest BCUT2D eigenvalue weighted by atomic mass is 16.1. The zero-order valence-corrected chi connectivity index (χ0v) is 8.15. The summed E-state index contributed by atoms with van der Waals surface area (Å²) in [6.45, 7) is 0. The quantitative estimate of drug-likeness (QED) is 0.707. The maximum atomic E-state index is 10.5. The van der Waals surface area contributed by atoms with E-state index in [1.165, 1.54) is 18.4 Å². The molecule has 0 heterocycles. The third kappa shape index (κ3) is 2.34. The maximum absolute atomic E-state index is 10.5. The highest BCUT2D eigenvalue weighted by molar-refractivity contribution is 5.47. The first-order valence-corrected chi connectivity index (χ1v) is 5.15. The molecule has 0 aliphatic heterocycles. The standard InChI is InChI=1S/C12H15NO/c14-9-13-12(8-10-6-7-10)11-4-2-1-3-5-11/h1-5,9-10,12H,6-8H2,(H,13,14). The Labute approximate surface area is 84.3 Å². The molecule has 2 rings (SSSR count). The van der Waals surface area contributed by atoms with Gasteiger partial charge in [0.05, 0.1) is 6.04 Å². The molecule has 14 heavy (non-hydrogen) atoms. The fourth-order valence-electron chi connectivity index (χ4n) is 1.75. The summed E-state index contributed by atoms with van der Waals surface area (Å²) in [5.74, 6) is 0.827. The van der Waals surface area contributed by atoms with Crippen LogP contribution in [0, 0.1) is 5.92 Å². The number of benzene rings is 1. The predicted molar refractivity (Wildman–Crippen MR) is 55.7 cm³/mol. The maximum Gasteiger partial charge on any atom is 0.207 e. The molecule has 1 unspecified atom stereocenters. The molecule has 1 N–H and O–H groups in total.